The summed E-state index contributed by atoms with van der Waals surface area (Å²) in [4.78, 5) is 27.4. The summed E-state index contributed by atoms with van der Waals surface area (Å²) in [5, 5.41) is 2.93. The molecule has 0 radical (unpaired) electrons. The summed E-state index contributed by atoms with van der Waals surface area (Å²) in [7, 11) is 0. The molecule has 1 heterocycles. The molecule has 1 aliphatic carbocycles. The SMILES string of the molecule is CC1(C)C[C@@H]2CC(C)(CN2C(=O)c2ccc(CNC(=O)c3ccccc3)cc2)C1. The lowest BCUT2D eigenvalue weighted by Gasteiger charge is -2.39. The molecule has 2 aliphatic rings. The number of hydrogen-bond donors (Lipinski definition) is 1. The number of amides is 2. The summed E-state index contributed by atoms with van der Waals surface area (Å²) in [6.07, 6.45) is 3.38. The highest BCUT2D eigenvalue weighted by atomic mass is 16.2. The van der Waals surface area contributed by atoms with E-state index in [1.165, 1.54) is 6.42 Å². The molecule has 4 rings (SSSR count). The van der Waals surface area contributed by atoms with E-state index in [2.05, 4.69) is 31.0 Å². The first kappa shape index (κ1) is 19.7. The van der Waals surface area contributed by atoms with Gasteiger partial charge in [-0.3, -0.25) is 9.59 Å². The van der Waals surface area contributed by atoms with Crippen molar-refractivity contribution in [1.29, 1.82) is 0 Å². The zero-order valence-electron chi connectivity index (χ0n) is 17.6. The number of hydrogen-bond acceptors (Lipinski definition) is 2. The lowest BCUT2D eigenvalue weighted by atomic mass is 9.65. The van der Waals surface area contributed by atoms with Crippen molar-refractivity contribution in [2.75, 3.05) is 6.54 Å². The first-order chi connectivity index (χ1) is 13.7. The van der Waals surface area contributed by atoms with Gasteiger partial charge in [-0.2, -0.15) is 0 Å². The van der Waals surface area contributed by atoms with Crippen LogP contribution >= 0.6 is 0 Å². The minimum atomic E-state index is -0.0917. The van der Waals surface area contributed by atoms with Crippen LogP contribution in [0.1, 0.15) is 66.3 Å². The van der Waals surface area contributed by atoms with E-state index in [4.69, 9.17) is 0 Å². The zero-order valence-corrected chi connectivity index (χ0v) is 17.6. The molecule has 2 fully saturated rings. The third kappa shape index (κ3) is 4.21. The first-order valence-corrected chi connectivity index (χ1v) is 10.5. The van der Waals surface area contributed by atoms with Gasteiger partial charge in [-0.1, -0.05) is 51.1 Å². The van der Waals surface area contributed by atoms with Crippen LogP contribution in [-0.2, 0) is 6.54 Å². The third-order valence-electron chi connectivity index (χ3n) is 6.37. The molecule has 29 heavy (non-hydrogen) atoms. The van der Waals surface area contributed by atoms with E-state index in [-0.39, 0.29) is 17.2 Å². The van der Waals surface area contributed by atoms with Crippen LogP contribution in [0, 0.1) is 10.8 Å². The minimum Gasteiger partial charge on any atom is -0.348 e. The van der Waals surface area contributed by atoms with E-state index in [1.54, 1.807) is 12.1 Å². The molecule has 4 nitrogen and oxygen atoms in total. The molecule has 4 heteroatoms. The summed E-state index contributed by atoms with van der Waals surface area (Å²) >= 11 is 0. The molecule has 0 spiro atoms. The van der Waals surface area contributed by atoms with Crippen LogP contribution in [0.25, 0.3) is 0 Å². The second kappa shape index (κ2) is 7.33. The molecule has 2 aromatic carbocycles. The zero-order chi connectivity index (χ0) is 20.6. The van der Waals surface area contributed by atoms with Gasteiger partial charge in [0.25, 0.3) is 11.8 Å². The monoisotopic (exact) mass is 390 g/mol. The summed E-state index contributed by atoms with van der Waals surface area (Å²) in [5.74, 6) is 0.0437. The van der Waals surface area contributed by atoms with E-state index in [1.807, 2.05) is 42.5 Å². The second-order valence-electron chi connectivity index (χ2n) is 9.89. The molecule has 2 amide bonds. The van der Waals surface area contributed by atoms with E-state index in [9.17, 15) is 9.59 Å². The Labute approximate surface area is 173 Å². The van der Waals surface area contributed by atoms with Gasteiger partial charge < -0.3 is 10.2 Å². The number of carbonyl (C=O) groups excluding carboxylic acids is 2. The predicted octanol–water partition coefficient (Wildman–Crippen LogP) is 4.66. The fourth-order valence-corrected chi connectivity index (χ4v) is 5.50. The van der Waals surface area contributed by atoms with Gasteiger partial charge in [-0.15, -0.1) is 0 Å². The maximum atomic E-state index is 13.2. The van der Waals surface area contributed by atoms with Gasteiger partial charge in [0.2, 0.25) is 0 Å². The van der Waals surface area contributed by atoms with E-state index in [0.717, 1.165) is 30.5 Å². The average molecular weight is 391 g/mol. The van der Waals surface area contributed by atoms with E-state index >= 15 is 0 Å². The highest BCUT2D eigenvalue weighted by molar-refractivity contribution is 5.95. The highest BCUT2D eigenvalue weighted by Crippen LogP contribution is 2.52. The van der Waals surface area contributed by atoms with Crippen LogP contribution in [0.2, 0.25) is 0 Å². The Bertz CT molecular complexity index is 904. The molecule has 2 atom stereocenters. The Morgan fingerprint density at radius 1 is 0.966 bits per heavy atom. The quantitative estimate of drug-likeness (QED) is 0.826. The molecule has 1 saturated heterocycles. The molecule has 1 unspecified atom stereocenters. The van der Waals surface area contributed by atoms with E-state index in [0.29, 0.717) is 23.6 Å². The fourth-order valence-electron chi connectivity index (χ4n) is 5.50. The molecule has 0 aromatic heterocycles. The van der Waals surface area contributed by atoms with Crippen LogP contribution in [-0.4, -0.2) is 29.3 Å². The van der Waals surface area contributed by atoms with E-state index < -0.39 is 0 Å². The number of nitrogens with one attached hydrogen (secondary N) is 1. The van der Waals surface area contributed by atoms with Crippen molar-refractivity contribution in [2.45, 2.75) is 52.6 Å². The molecular weight excluding hydrogens is 360 g/mol. The van der Waals surface area contributed by atoms with Crippen molar-refractivity contribution in [2.24, 2.45) is 10.8 Å². The van der Waals surface area contributed by atoms with Gasteiger partial charge >= 0.3 is 0 Å². The predicted molar refractivity (Wildman–Crippen MR) is 115 cm³/mol. The minimum absolute atomic E-state index is 0.0917. The number of fused-ring (bicyclic) bond motifs is 2. The topological polar surface area (TPSA) is 49.4 Å². The number of nitrogens with zero attached hydrogens (tertiary/aromatic N) is 1. The fraction of sp³-hybridized carbons (Fsp3) is 0.440. The molecule has 2 bridgehead atoms. The van der Waals surface area contributed by atoms with Gasteiger partial charge in [0.1, 0.15) is 0 Å². The van der Waals surface area contributed by atoms with Crippen LogP contribution < -0.4 is 5.32 Å². The average Bonchev–Trinajstić information content (AvgIpc) is 2.95. The van der Waals surface area contributed by atoms with Gasteiger partial charge in [-0.25, -0.2) is 0 Å². The summed E-state index contributed by atoms with van der Waals surface area (Å²) in [6, 6.07) is 17.2. The molecule has 1 saturated carbocycles. The second-order valence-corrected chi connectivity index (χ2v) is 9.89. The summed E-state index contributed by atoms with van der Waals surface area (Å²) in [6.45, 7) is 8.27. The van der Waals surface area contributed by atoms with Crippen molar-refractivity contribution in [1.82, 2.24) is 10.2 Å². The number of carbonyl (C=O) groups is 2. The Balaban J connectivity index is 1.39. The lowest BCUT2D eigenvalue weighted by molar-refractivity contribution is 0.0708. The normalized spacial score (nSPS) is 24.9. The summed E-state index contributed by atoms with van der Waals surface area (Å²) in [5.41, 5.74) is 2.91. The standard InChI is InChI=1S/C25H30N2O2/c1-24(2)13-21-14-25(3,16-24)17-27(21)23(29)20-11-9-18(10-12-20)15-26-22(28)19-7-5-4-6-8-19/h4-12,21H,13-17H2,1-3H3,(H,26,28)/t21-,25?/m1/s1. The number of rotatable bonds is 4. The first-order valence-electron chi connectivity index (χ1n) is 10.5. The number of benzene rings is 2. The summed E-state index contributed by atoms with van der Waals surface area (Å²) < 4.78 is 0. The molecule has 1 N–H and O–H groups in total. The number of likely N-dealkylation sites (tertiary alicyclic amines) is 1. The third-order valence-corrected chi connectivity index (χ3v) is 6.37. The Hall–Kier alpha value is -2.62. The van der Waals surface area contributed by atoms with Crippen molar-refractivity contribution in [3.8, 4) is 0 Å². The Morgan fingerprint density at radius 2 is 1.66 bits per heavy atom. The van der Waals surface area contributed by atoms with Gasteiger partial charge in [-0.05, 0) is 59.9 Å². The van der Waals surface area contributed by atoms with Crippen molar-refractivity contribution in [3.05, 3.63) is 71.3 Å². The van der Waals surface area contributed by atoms with Crippen LogP contribution in [0.4, 0.5) is 0 Å². The Morgan fingerprint density at radius 3 is 2.34 bits per heavy atom. The largest absolute Gasteiger partial charge is 0.348 e. The maximum absolute atomic E-state index is 13.2. The maximum Gasteiger partial charge on any atom is 0.254 e. The van der Waals surface area contributed by atoms with Crippen molar-refractivity contribution < 1.29 is 9.59 Å². The molecule has 2 aromatic rings. The van der Waals surface area contributed by atoms with Crippen LogP contribution in [0.5, 0.6) is 0 Å². The van der Waals surface area contributed by atoms with Crippen LogP contribution in [0.3, 0.4) is 0 Å². The van der Waals surface area contributed by atoms with Crippen molar-refractivity contribution in [3.63, 3.8) is 0 Å². The molecular formula is C25H30N2O2. The van der Waals surface area contributed by atoms with Crippen molar-refractivity contribution >= 4 is 11.8 Å². The van der Waals surface area contributed by atoms with Gasteiger partial charge in [0, 0.05) is 30.3 Å². The Kier molecular flexibility index (Phi) is 4.97. The smallest absolute Gasteiger partial charge is 0.254 e. The highest BCUT2D eigenvalue weighted by Gasteiger charge is 2.50. The lowest BCUT2D eigenvalue weighted by Crippen LogP contribution is -2.37. The molecule has 1 aliphatic heterocycles. The van der Waals surface area contributed by atoms with Gasteiger partial charge in [0.15, 0.2) is 0 Å². The van der Waals surface area contributed by atoms with Gasteiger partial charge in [0.05, 0.1) is 0 Å². The van der Waals surface area contributed by atoms with Crippen LogP contribution in [0.15, 0.2) is 54.6 Å². The molecule has 152 valence electrons.